The van der Waals surface area contributed by atoms with Crippen LogP contribution in [0.5, 0.6) is 11.5 Å². The highest BCUT2D eigenvalue weighted by Gasteiger charge is 2.22. The first-order valence-corrected chi connectivity index (χ1v) is 12.7. The van der Waals surface area contributed by atoms with Gasteiger partial charge in [0.05, 0.1) is 0 Å². The van der Waals surface area contributed by atoms with Gasteiger partial charge in [-0.2, -0.15) is 0 Å². The van der Waals surface area contributed by atoms with Crippen LogP contribution in [0.3, 0.4) is 0 Å². The number of phenolic OH excluding ortho intramolecular Hbond substituents is 1. The van der Waals surface area contributed by atoms with E-state index in [0.717, 1.165) is 45.9 Å². The summed E-state index contributed by atoms with van der Waals surface area (Å²) in [6.45, 7) is 5.37. The van der Waals surface area contributed by atoms with Crippen molar-refractivity contribution in [3.05, 3.63) is 83.4 Å². The molecule has 1 N–H and O–H groups in total. The first-order chi connectivity index (χ1) is 17.0. The number of hydrogen-bond donors (Lipinski definition) is 1. The number of carbonyl (C=O) groups excluding carboxylic acids is 2. The average Bonchev–Trinajstić information content (AvgIpc) is 3.52. The molecule has 0 aliphatic carbocycles. The number of thiophene rings is 1. The SMILES string of the molecule is CC(=O)c1ccc2c(C(=O)c3ccc(OCCN4CCCC4)cc3)c(-c3ccc(O)cc3)sc2c1. The van der Waals surface area contributed by atoms with E-state index in [9.17, 15) is 14.7 Å². The smallest absolute Gasteiger partial charge is 0.195 e. The molecule has 1 aromatic heterocycles. The van der Waals surface area contributed by atoms with E-state index in [4.69, 9.17) is 4.74 Å². The van der Waals surface area contributed by atoms with E-state index in [0.29, 0.717) is 23.3 Å². The standard InChI is InChI=1S/C29H27NO4S/c1-19(31)22-8-13-25-26(18-22)35-29(21-4-9-23(32)10-5-21)27(25)28(33)20-6-11-24(12-7-20)34-17-16-30-14-2-3-15-30/h4-13,18,32H,2-3,14-17H2,1H3. The van der Waals surface area contributed by atoms with E-state index in [-0.39, 0.29) is 17.3 Å². The van der Waals surface area contributed by atoms with Crippen LogP contribution in [0, 0.1) is 0 Å². The van der Waals surface area contributed by atoms with Gasteiger partial charge in [-0.25, -0.2) is 0 Å². The molecule has 0 amide bonds. The molecule has 5 nitrogen and oxygen atoms in total. The maximum Gasteiger partial charge on any atom is 0.195 e. The molecule has 0 bridgehead atoms. The molecule has 4 aromatic rings. The minimum atomic E-state index is -0.0847. The monoisotopic (exact) mass is 485 g/mol. The molecule has 178 valence electrons. The third kappa shape index (κ3) is 4.99. The summed E-state index contributed by atoms with van der Waals surface area (Å²) in [4.78, 5) is 28.9. The number of phenols is 1. The van der Waals surface area contributed by atoms with Gasteiger partial charge in [0.2, 0.25) is 0 Å². The van der Waals surface area contributed by atoms with E-state index in [2.05, 4.69) is 4.90 Å². The number of Topliss-reactive ketones (excluding diaryl/α,β-unsaturated/α-hetero) is 1. The lowest BCUT2D eigenvalue weighted by atomic mass is 9.97. The minimum Gasteiger partial charge on any atom is -0.508 e. The number of rotatable bonds is 8. The van der Waals surface area contributed by atoms with Gasteiger partial charge in [-0.3, -0.25) is 14.5 Å². The number of nitrogens with zero attached hydrogens (tertiary/aromatic N) is 1. The van der Waals surface area contributed by atoms with Crippen molar-refractivity contribution in [2.75, 3.05) is 26.2 Å². The van der Waals surface area contributed by atoms with E-state index in [1.807, 2.05) is 36.4 Å². The minimum absolute atomic E-state index is 0.0142. The molecule has 1 aliphatic heterocycles. The van der Waals surface area contributed by atoms with E-state index in [1.165, 1.54) is 31.1 Å². The molecule has 0 atom stereocenters. The summed E-state index contributed by atoms with van der Waals surface area (Å²) >= 11 is 1.48. The van der Waals surface area contributed by atoms with Crippen LogP contribution in [0.2, 0.25) is 0 Å². The number of likely N-dealkylation sites (tertiary alicyclic amines) is 1. The van der Waals surface area contributed by atoms with Crippen molar-refractivity contribution >= 4 is 33.0 Å². The third-order valence-electron chi connectivity index (χ3n) is 6.44. The van der Waals surface area contributed by atoms with Crippen LogP contribution in [-0.2, 0) is 0 Å². The topological polar surface area (TPSA) is 66.8 Å². The fourth-order valence-corrected chi connectivity index (χ4v) is 5.75. The Kier molecular flexibility index (Phi) is 6.66. The Balaban J connectivity index is 1.45. The molecule has 0 saturated carbocycles. The van der Waals surface area contributed by atoms with Gasteiger partial charge in [0, 0.05) is 38.2 Å². The van der Waals surface area contributed by atoms with Crippen LogP contribution in [0.15, 0.2) is 66.7 Å². The predicted molar refractivity (Wildman–Crippen MR) is 140 cm³/mol. The van der Waals surface area contributed by atoms with Crippen molar-refractivity contribution in [1.82, 2.24) is 4.90 Å². The Labute approximate surface area is 208 Å². The number of hydrogen-bond acceptors (Lipinski definition) is 6. The number of ether oxygens (including phenoxy) is 1. The van der Waals surface area contributed by atoms with Gasteiger partial charge in [-0.15, -0.1) is 11.3 Å². The zero-order valence-corrected chi connectivity index (χ0v) is 20.4. The Morgan fingerprint density at radius 2 is 1.63 bits per heavy atom. The zero-order valence-electron chi connectivity index (χ0n) is 19.6. The van der Waals surface area contributed by atoms with Crippen molar-refractivity contribution in [1.29, 1.82) is 0 Å². The van der Waals surface area contributed by atoms with Gasteiger partial charge in [0.1, 0.15) is 18.1 Å². The van der Waals surface area contributed by atoms with E-state index in [1.54, 1.807) is 30.3 Å². The molecular weight excluding hydrogens is 458 g/mol. The number of fused-ring (bicyclic) bond motifs is 1. The van der Waals surface area contributed by atoms with Crippen LogP contribution in [0.4, 0.5) is 0 Å². The second-order valence-electron chi connectivity index (χ2n) is 8.87. The first-order valence-electron chi connectivity index (χ1n) is 11.9. The van der Waals surface area contributed by atoms with Crippen LogP contribution < -0.4 is 4.74 Å². The molecule has 1 aliphatic rings. The molecule has 3 aromatic carbocycles. The molecule has 1 fully saturated rings. The summed E-state index contributed by atoms with van der Waals surface area (Å²) in [5.74, 6) is 0.820. The quantitative estimate of drug-likeness (QED) is 0.302. The molecule has 0 unspecified atom stereocenters. The third-order valence-corrected chi connectivity index (χ3v) is 7.65. The van der Waals surface area contributed by atoms with Crippen LogP contribution in [-0.4, -0.2) is 47.8 Å². The van der Waals surface area contributed by atoms with Crippen molar-refractivity contribution in [2.24, 2.45) is 0 Å². The lowest BCUT2D eigenvalue weighted by Gasteiger charge is -2.15. The van der Waals surface area contributed by atoms with Crippen molar-refractivity contribution in [2.45, 2.75) is 19.8 Å². The molecule has 1 saturated heterocycles. The highest BCUT2D eigenvalue weighted by molar-refractivity contribution is 7.22. The summed E-state index contributed by atoms with van der Waals surface area (Å²) in [5, 5.41) is 10.5. The average molecular weight is 486 g/mol. The lowest BCUT2D eigenvalue weighted by Crippen LogP contribution is -2.25. The summed E-state index contributed by atoms with van der Waals surface area (Å²) in [5.41, 5.74) is 2.64. The number of aromatic hydroxyl groups is 1. The van der Waals surface area contributed by atoms with Crippen LogP contribution in [0.25, 0.3) is 20.5 Å². The maximum atomic E-state index is 13.7. The van der Waals surface area contributed by atoms with Crippen molar-refractivity contribution in [3.8, 4) is 21.9 Å². The fourth-order valence-electron chi connectivity index (χ4n) is 4.50. The fraction of sp³-hybridized carbons (Fsp3) is 0.241. The molecule has 5 rings (SSSR count). The highest BCUT2D eigenvalue weighted by Crippen LogP contribution is 2.41. The number of carbonyl (C=O) groups is 2. The Morgan fingerprint density at radius 3 is 2.31 bits per heavy atom. The lowest BCUT2D eigenvalue weighted by molar-refractivity contribution is 0.101. The molecule has 2 heterocycles. The van der Waals surface area contributed by atoms with Gasteiger partial charge in [-0.1, -0.05) is 12.1 Å². The largest absolute Gasteiger partial charge is 0.508 e. The molecule has 35 heavy (non-hydrogen) atoms. The number of ketones is 2. The van der Waals surface area contributed by atoms with Crippen LogP contribution >= 0.6 is 11.3 Å². The second-order valence-corrected chi connectivity index (χ2v) is 9.92. The van der Waals surface area contributed by atoms with Gasteiger partial charge in [0.25, 0.3) is 0 Å². The van der Waals surface area contributed by atoms with Gasteiger partial charge in [0.15, 0.2) is 11.6 Å². The second kappa shape index (κ2) is 10.0. The van der Waals surface area contributed by atoms with E-state index >= 15 is 0 Å². The summed E-state index contributed by atoms with van der Waals surface area (Å²) in [6, 6.07) is 19.6. The number of benzene rings is 3. The Morgan fingerprint density at radius 1 is 0.943 bits per heavy atom. The molecule has 0 radical (unpaired) electrons. The first kappa shape index (κ1) is 23.3. The van der Waals surface area contributed by atoms with Gasteiger partial charge in [-0.05, 0) is 93.0 Å². The zero-order chi connectivity index (χ0) is 24.4. The Bertz CT molecular complexity index is 1370. The summed E-state index contributed by atoms with van der Waals surface area (Å²) in [7, 11) is 0. The molecule has 0 spiro atoms. The predicted octanol–water partition coefficient (Wildman–Crippen LogP) is 6.18. The summed E-state index contributed by atoms with van der Waals surface area (Å²) in [6.07, 6.45) is 2.52. The highest BCUT2D eigenvalue weighted by atomic mass is 32.1. The molecular formula is C29H27NO4S. The van der Waals surface area contributed by atoms with E-state index < -0.39 is 0 Å². The normalized spacial score (nSPS) is 13.9. The Hall–Kier alpha value is -3.48. The summed E-state index contributed by atoms with van der Waals surface area (Å²) < 4.78 is 6.78. The van der Waals surface area contributed by atoms with Crippen molar-refractivity contribution < 1.29 is 19.4 Å². The van der Waals surface area contributed by atoms with Crippen LogP contribution in [0.1, 0.15) is 46.0 Å². The van der Waals surface area contributed by atoms with Crippen molar-refractivity contribution in [3.63, 3.8) is 0 Å². The molecule has 6 heteroatoms. The maximum absolute atomic E-state index is 13.7. The van der Waals surface area contributed by atoms with Gasteiger partial charge < -0.3 is 9.84 Å². The van der Waals surface area contributed by atoms with Gasteiger partial charge >= 0.3 is 0 Å².